The normalized spacial score (nSPS) is 11.9. The van der Waals surface area contributed by atoms with Crippen LogP contribution in [0.1, 0.15) is 13.8 Å². The zero-order valence-electron chi connectivity index (χ0n) is 16.7. The van der Waals surface area contributed by atoms with E-state index < -0.39 is 0 Å². The van der Waals surface area contributed by atoms with Gasteiger partial charge in [-0.2, -0.15) is 0 Å². The SMILES string of the molecule is CCOc1ccc(NC(=O)[C@H](C)Sc2ncnc3sc(-c4ccccc4)cc23)cc1. The Morgan fingerprint density at radius 1 is 1.13 bits per heavy atom. The van der Waals surface area contributed by atoms with Gasteiger partial charge in [0.1, 0.15) is 21.9 Å². The predicted octanol–water partition coefficient (Wildman–Crippen LogP) is 5.88. The van der Waals surface area contributed by atoms with Gasteiger partial charge in [-0.3, -0.25) is 4.79 Å². The predicted molar refractivity (Wildman–Crippen MR) is 124 cm³/mol. The van der Waals surface area contributed by atoms with Gasteiger partial charge < -0.3 is 10.1 Å². The fourth-order valence-corrected chi connectivity index (χ4v) is 4.90. The minimum Gasteiger partial charge on any atom is -0.494 e. The molecule has 2 aromatic heterocycles. The topological polar surface area (TPSA) is 64.1 Å². The van der Waals surface area contributed by atoms with E-state index in [1.165, 1.54) is 11.8 Å². The fourth-order valence-electron chi connectivity index (χ4n) is 2.94. The van der Waals surface area contributed by atoms with Gasteiger partial charge in [0.15, 0.2) is 0 Å². The number of anilines is 1. The third kappa shape index (κ3) is 4.63. The molecule has 0 aliphatic rings. The minimum atomic E-state index is -0.310. The number of hydrogen-bond acceptors (Lipinski definition) is 6. The number of nitrogens with zero attached hydrogens (tertiary/aromatic N) is 2. The Morgan fingerprint density at radius 3 is 2.63 bits per heavy atom. The molecular weight excluding hydrogens is 414 g/mol. The summed E-state index contributed by atoms with van der Waals surface area (Å²) >= 11 is 3.07. The van der Waals surface area contributed by atoms with E-state index in [0.717, 1.165) is 37.1 Å². The molecule has 0 saturated heterocycles. The number of rotatable bonds is 7. The van der Waals surface area contributed by atoms with E-state index in [1.54, 1.807) is 17.7 Å². The number of carbonyl (C=O) groups excluding carboxylic acids is 1. The number of thioether (sulfide) groups is 1. The highest BCUT2D eigenvalue weighted by Gasteiger charge is 2.18. The number of fused-ring (bicyclic) bond motifs is 1. The van der Waals surface area contributed by atoms with E-state index in [4.69, 9.17) is 4.74 Å². The lowest BCUT2D eigenvalue weighted by atomic mass is 10.2. The summed E-state index contributed by atoms with van der Waals surface area (Å²) < 4.78 is 5.44. The number of aromatic nitrogens is 2. The van der Waals surface area contributed by atoms with Crippen molar-refractivity contribution in [2.75, 3.05) is 11.9 Å². The van der Waals surface area contributed by atoms with Crippen LogP contribution in [-0.2, 0) is 4.79 Å². The third-order valence-corrected chi connectivity index (χ3v) is 6.65. The van der Waals surface area contributed by atoms with Crippen LogP contribution in [0.5, 0.6) is 5.75 Å². The van der Waals surface area contributed by atoms with Crippen LogP contribution in [0.2, 0.25) is 0 Å². The maximum atomic E-state index is 12.7. The Morgan fingerprint density at radius 2 is 1.90 bits per heavy atom. The monoisotopic (exact) mass is 435 g/mol. The molecular formula is C23H21N3O2S2. The Labute approximate surface area is 183 Å². The molecule has 0 aliphatic carbocycles. The second kappa shape index (κ2) is 9.28. The zero-order valence-corrected chi connectivity index (χ0v) is 18.3. The quantitative estimate of drug-likeness (QED) is 0.290. The van der Waals surface area contributed by atoms with Crippen molar-refractivity contribution in [3.8, 4) is 16.2 Å². The third-order valence-electron chi connectivity index (χ3n) is 4.44. The van der Waals surface area contributed by atoms with Gasteiger partial charge in [-0.05, 0) is 49.7 Å². The van der Waals surface area contributed by atoms with Crippen LogP contribution in [0.3, 0.4) is 0 Å². The summed E-state index contributed by atoms with van der Waals surface area (Å²) in [4.78, 5) is 23.6. The highest BCUT2D eigenvalue weighted by atomic mass is 32.2. The van der Waals surface area contributed by atoms with Crippen molar-refractivity contribution in [3.63, 3.8) is 0 Å². The van der Waals surface area contributed by atoms with Crippen molar-refractivity contribution in [2.45, 2.75) is 24.1 Å². The molecule has 0 fully saturated rings. The van der Waals surface area contributed by atoms with Crippen molar-refractivity contribution in [1.82, 2.24) is 9.97 Å². The van der Waals surface area contributed by atoms with Gasteiger partial charge in [0.05, 0.1) is 11.9 Å². The molecule has 30 heavy (non-hydrogen) atoms. The van der Waals surface area contributed by atoms with Crippen molar-refractivity contribution >= 4 is 44.9 Å². The van der Waals surface area contributed by atoms with Crippen LogP contribution in [0, 0.1) is 0 Å². The van der Waals surface area contributed by atoms with Crippen molar-refractivity contribution < 1.29 is 9.53 Å². The summed E-state index contributed by atoms with van der Waals surface area (Å²) in [6.07, 6.45) is 1.56. The second-order valence-electron chi connectivity index (χ2n) is 6.58. The van der Waals surface area contributed by atoms with Crippen LogP contribution < -0.4 is 10.1 Å². The number of amides is 1. The molecule has 0 unspecified atom stereocenters. The zero-order chi connectivity index (χ0) is 20.9. The first-order valence-corrected chi connectivity index (χ1v) is 11.3. The van der Waals surface area contributed by atoms with Crippen LogP contribution in [-0.4, -0.2) is 27.7 Å². The van der Waals surface area contributed by atoms with Crippen LogP contribution >= 0.6 is 23.1 Å². The van der Waals surface area contributed by atoms with Crippen molar-refractivity contribution in [2.24, 2.45) is 0 Å². The molecule has 0 radical (unpaired) electrons. The van der Waals surface area contributed by atoms with Crippen LogP contribution in [0.15, 0.2) is 72.0 Å². The Bertz CT molecular complexity index is 1140. The van der Waals surface area contributed by atoms with Gasteiger partial charge in [0, 0.05) is 16.0 Å². The summed E-state index contributed by atoms with van der Waals surface area (Å²) in [6.45, 7) is 4.43. The molecule has 0 bridgehead atoms. The lowest BCUT2D eigenvalue weighted by Crippen LogP contribution is -2.22. The van der Waals surface area contributed by atoms with Gasteiger partial charge in [0.25, 0.3) is 0 Å². The number of ether oxygens (including phenoxy) is 1. The summed E-state index contributed by atoms with van der Waals surface area (Å²) in [7, 11) is 0. The maximum Gasteiger partial charge on any atom is 0.237 e. The number of thiophene rings is 1. The molecule has 0 saturated carbocycles. The fraction of sp³-hybridized carbons (Fsp3) is 0.174. The summed E-state index contributed by atoms with van der Waals surface area (Å²) in [5, 5.41) is 4.44. The average molecular weight is 436 g/mol. The van der Waals surface area contributed by atoms with E-state index in [9.17, 15) is 4.79 Å². The highest BCUT2D eigenvalue weighted by Crippen LogP contribution is 2.37. The van der Waals surface area contributed by atoms with Gasteiger partial charge >= 0.3 is 0 Å². The standard InChI is InChI=1S/C23H21N3O2S2/c1-3-28-18-11-9-17(10-12-18)26-21(27)15(2)29-22-19-13-20(16-7-5-4-6-8-16)30-23(19)25-14-24-22/h4-15H,3H2,1-2H3,(H,26,27)/t15-/m0/s1. The first-order valence-electron chi connectivity index (χ1n) is 9.64. The largest absolute Gasteiger partial charge is 0.494 e. The first kappa shape index (κ1) is 20.4. The van der Waals surface area contributed by atoms with Crippen molar-refractivity contribution in [1.29, 1.82) is 0 Å². The Kier molecular flexibility index (Phi) is 6.30. The van der Waals surface area contributed by atoms with E-state index >= 15 is 0 Å². The first-order chi connectivity index (χ1) is 14.6. The molecule has 1 amide bonds. The van der Waals surface area contributed by atoms with Gasteiger partial charge in [-0.1, -0.05) is 42.1 Å². The molecule has 152 valence electrons. The minimum absolute atomic E-state index is 0.0746. The number of nitrogens with one attached hydrogen (secondary N) is 1. The van der Waals surface area contributed by atoms with Crippen LogP contribution in [0.25, 0.3) is 20.7 Å². The van der Waals surface area contributed by atoms with E-state index in [-0.39, 0.29) is 11.2 Å². The lowest BCUT2D eigenvalue weighted by molar-refractivity contribution is -0.115. The number of hydrogen-bond donors (Lipinski definition) is 1. The highest BCUT2D eigenvalue weighted by molar-refractivity contribution is 8.00. The molecule has 7 heteroatoms. The smallest absolute Gasteiger partial charge is 0.237 e. The van der Waals surface area contributed by atoms with E-state index in [2.05, 4.69) is 33.5 Å². The number of benzene rings is 2. The lowest BCUT2D eigenvalue weighted by Gasteiger charge is -2.12. The maximum absolute atomic E-state index is 12.7. The molecule has 0 aliphatic heterocycles. The average Bonchev–Trinajstić information content (AvgIpc) is 3.21. The van der Waals surface area contributed by atoms with Crippen LogP contribution in [0.4, 0.5) is 5.69 Å². The van der Waals surface area contributed by atoms with E-state index in [1.807, 2.05) is 56.3 Å². The van der Waals surface area contributed by atoms with Gasteiger partial charge in [-0.25, -0.2) is 9.97 Å². The molecule has 0 spiro atoms. The summed E-state index contributed by atoms with van der Waals surface area (Å²) in [6, 6.07) is 19.7. The Hall–Kier alpha value is -2.90. The molecule has 1 atom stereocenters. The van der Waals surface area contributed by atoms with Gasteiger partial charge in [-0.15, -0.1) is 11.3 Å². The molecule has 5 nitrogen and oxygen atoms in total. The molecule has 2 heterocycles. The van der Waals surface area contributed by atoms with E-state index in [0.29, 0.717) is 6.61 Å². The summed E-state index contributed by atoms with van der Waals surface area (Å²) in [5.74, 6) is 0.711. The summed E-state index contributed by atoms with van der Waals surface area (Å²) in [5.41, 5.74) is 1.89. The molecule has 2 aromatic carbocycles. The van der Waals surface area contributed by atoms with Gasteiger partial charge in [0.2, 0.25) is 5.91 Å². The molecule has 4 aromatic rings. The number of carbonyl (C=O) groups is 1. The molecule has 4 rings (SSSR count). The second-order valence-corrected chi connectivity index (χ2v) is 8.94. The van der Waals surface area contributed by atoms with Crippen molar-refractivity contribution in [3.05, 3.63) is 67.0 Å². The Balaban J connectivity index is 1.49. The molecule has 1 N–H and O–H groups in total.